The van der Waals surface area contributed by atoms with Crippen molar-refractivity contribution in [3.63, 3.8) is 0 Å². The molecule has 0 saturated carbocycles. The highest BCUT2D eigenvalue weighted by Crippen LogP contribution is 2.45. The van der Waals surface area contributed by atoms with Crippen LogP contribution in [0.15, 0.2) is 0 Å². The van der Waals surface area contributed by atoms with E-state index < -0.39 is 97.5 Å². The highest BCUT2D eigenvalue weighted by molar-refractivity contribution is 7.47. The van der Waals surface area contributed by atoms with E-state index in [4.69, 9.17) is 37.0 Å². The van der Waals surface area contributed by atoms with E-state index in [1.807, 2.05) is 0 Å². The molecule has 2 unspecified atom stereocenters. The zero-order valence-corrected chi connectivity index (χ0v) is 66.6. The average molecular weight is 1450 g/mol. The minimum atomic E-state index is -4.96. The summed E-state index contributed by atoms with van der Waals surface area (Å²) >= 11 is 0. The van der Waals surface area contributed by atoms with E-state index in [2.05, 4.69) is 41.5 Å². The van der Waals surface area contributed by atoms with Gasteiger partial charge >= 0.3 is 39.5 Å². The Morgan fingerprint density at radius 3 is 0.687 bits per heavy atom. The number of phosphoric ester groups is 2. The van der Waals surface area contributed by atoms with Crippen molar-refractivity contribution in [2.75, 3.05) is 39.6 Å². The zero-order valence-electron chi connectivity index (χ0n) is 64.8. The highest BCUT2D eigenvalue weighted by Gasteiger charge is 2.30. The Morgan fingerprint density at radius 2 is 0.465 bits per heavy atom. The maximum atomic E-state index is 13.1. The fraction of sp³-hybridized carbons (Fsp3) is 0.950. The molecule has 5 atom stereocenters. The summed E-state index contributed by atoms with van der Waals surface area (Å²) in [7, 11) is -9.92. The number of aliphatic hydroxyl groups excluding tert-OH is 1. The number of rotatable bonds is 79. The van der Waals surface area contributed by atoms with Gasteiger partial charge in [-0.1, -0.05) is 369 Å². The molecule has 3 N–H and O–H groups in total. The fourth-order valence-corrected chi connectivity index (χ4v) is 13.9. The molecule has 0 bridgehead atoms. The Morgan fingerprint density at radius 1 is 0.273 bits per heavy atom. The van der Waals surface area contributed by atoms with Gasteiger partial charge < -0.3 is 33.8 Å². The molecule has 0 aliphatic carbocycles. The summed E-state index contributed by atoms with van der Waals surface area (Å²) in [6.45, 7) is 9.60. The van der Waals surface area contributed by atoms with Crippen molar-refractivity contribution in [3.05, 3.63) is 0 Å². The first kappa shape index (κ1) is 97.1. The second-order valence-electron chi connectivity index (χ2n) is 29.8. The molecule has 0 amide bonds. The monoisotopic (exact) mass is 1450 g/mol. The third-order valence-corrected chi connectivity index (χ3v) is 20.6. The third kappa shape index (κ3) is 74.1. The Labute approximate surface area is 607 Å². The number of hydrogen-bond acceptors (Lipinski definition) is 15. The first-order valence-corrected chi connectivity index (χ1v) is 44.5. The van der Waals surface area contributed by atoms with Gasteiger partial charge in [0.05, 0.1) is 26.4 Å². The van der Waals surface area contributed by atoms with Crippen LogP contribution in [0, 0.1) is 11.8 Å². The molecule has 0 spiro atoms. The van der Waals surface area contributed by atoms with Crippen LogP contribution in [0.4, 0.5) is 0 Å². The van der Waals surface area contributed by atoms with Crippen LogP contribution < -0.4 is 0 Å². The van der Waals surface area contributed by atoms with Gasteiger partial charge in [-0.15, -0.1) is 0 Å². The Bertz CT molecular complexity index is 1910. The van der Waals surface area contributed by atoms with E-state index in [0.717, 1.165) is 102 Å². The summed E-state index contributed by atoms with van der Waals surface area (Å²) in [5.74, 6) is -0.599. The average Bonchev–Trinajstić information content (AvgIpc) is 0.955. The summed E-state index contributed by atoms with van der Waals surface area (Å²) in [5, 5.41) is 10.6. The normalized spacial score (nSPS) is 13.9. The van der Waals surface area contributed by atoms with Crippen LogP contribution in [0.1, 0.15) is 420 Å². The van der Waals surface area contributed by atoms with Gasteiger partial charge in [0.15, 0.2) is 12.2 Å². The minimum Gasteiger partial charge on any atom is -0.462 e. The van der Waals surface area contributed by atoms with Gasteiger partial charge in [-0.3, -0.25) is 37.3 Å². The van der Waals surface area contributed by atoms with Gasteiger partial charge in [0.25, 0.3) is 0 Å². The van der Waals surface area contributed by atoms with E-state index in [1.165, 1.54) is 231 Å². The smallest absolute Gasteiger partial charge is 0.462 e. The summed E-state index contributed by atoms with van der Waals surface area (Å²) in [6, 6.07) is 0. The molecular weight excluding hydrogens is 1290 g/mol. The van der Waals surface area contributed by atoms with Crippen molar-refractivity contribution in [2.24, 2.45) is 11.8 Å². The Balaban J connectivity index is 5.22. The first-order chi connectivity index (χ1) is 47.9. The molecule has 99 heavy (non-hydrogen) atoms. The van der Waals surface area contributed by atoms with E-state index in [9.17, 15) is 43.2 Å². The lowest BCUT2D eigenvalue weighted by molar-refractivity contribution is -0.161. The van der Waals surface area contributed by atoms with Gasteiger partial charge in [-0.2, -0.15) is 0 Å². The minimum absolute atomic E-state index is 0.107. The maximum absolute atomic E-state index is 13.1. The van der Waals surface area contributed by atoms with Crippen molar-refractivity contribution in [1.82, 2.24) is 0 Å². The Kier molecular flexibility index (Phi) is 70.3. The molecule has 0 heterocycles. The van der Waals surface area contributed by atoms with Gasteiger partial charge in [0.1, 0.15) is 19.3 Å². The highest BCUT2D eigenvalue weighted by atomic mass is 31.2. The molecule has 0 aromatic heterocycles. The molecule has 0 fully saturated rings. The molecule has 19 heteroatoms. The van der Waals surface area contributed by atoms with E-state index in [-0.39, 0.29) is 25.7 Å². The standard InChI is InChI=1S/C80H156O17P2/c1-7-9-11-13-15-17-19-21-22-23-24-25-28-32-36-40-46-53-59-65-80(85)96-75(68-90-77(82)62-56-50-44-38-35-31-29-26-27-30-33-37-42-48-54-60-72(3)4)70-94-98(86,87)92-66-74(81)67-93-99(88,89)95-71-76(69-91-78(83)63-57-51-47-41-43-49-55-61-73(5)6)97-79(84)64-58-52-45-39-34-20-18-16-14-12-10-8-2/h72-76,81H,7-71H2,1-6H3,(H,86,87)(H,88,89)/t74-,75-,76-/m1/s1. The lowest BCUT2D eigenvalue weighted by Crippen LogP contribution is -2.30. The van der Waals surface area contributed by atoms with Crippen molar-refractivity contribution < 1.29 is 80.2 Å². The van der Waals surface area contributed by atoms with Crippen LogP contribution in [-0.2, 0) is 65.4 Å². The van der Waals surface area contributed by atoms with Crippen molar-refractivity contribution in [3.8, 4) is 0 Å². The number of ether oxygens (including phenoxy) is 4. The number of unbranched alkanes of at least 4 members (excludes halogenated alkanes) is 49. The molecule has 17 nitrogen and oxygen atoms in total. The van der Waals surface area contributed by atoms with E-state index in [1.54, 1.807) is 0 Å². The summed E-state index contributed by atoms with van der Waals surface area (Å²) < 4.78 is 68.6. The van der Waals surface area contributed by atoms with Crippen LogP contribution in [0.3, 0.4) is 0 Å². The lowest BCUT2D eigenvalue weighted by atomic mass is 10.0. The molecule has 0 aromatic rings. The zero-order chi connectivity index (χ0) is 72.8. The van der Waals surface area contributed by atoms with Gasteiger partial charge in [-0.05, 0) is 37.5 Å². The van der Waals surface area contributed by atoms with Gasteiger partial charge in [-0.25, -0.2) is 9.13 Å². The molecule has 0 saturated heterocycles. The quantitative estimate of drug-likeness (QED) is 0.0222. The number of aliphatic hydroxyl groups is 1. The fourth-order valence-electron chi connectivity index (χ4n) is 12.4. The second-order valence-corrected chi connectivity index (χ2v) is 32.7. The van der Waals surface area contributed by atoms with Crippen molar-refractivity contribution in [2.45, 2.75) is 439 Å². The molecule has 0 aromatic carbocycles. The molecule has 588 valence electrons. The van der Waals surface area contributed by atoms with Crippen molar-refractivity contribution >= 4 is 39.5 Å². The predicted octanol–water partition coefficient (Wildman–Crippen LogP) is 23.9. The van der Waals surface area contributed by atoms with Crippen LogP contribution in [0.25, 0.3) is 0 Å². The van der Waals surface area contributed by atoms with Gasteiger partial charge in [0.2, 0.25) is 0 Å². The van der Waals surface area contributed by atoms with Crippen LogP contribution >= 0.6 is 15.6 Å². The molecular formula is C80H156O17P2. The summed E-state index contributed by atoms with van der Waals surface area (Å²) in [4.78, 5) is 72.9. The number of carbonyl (C=O) groups excluding carboxylic acids is 4. The van der Waals surface area contributed by atoms with Gasteiger partial charge in [0, 0.05) is 25.7 Å². The molecule has 0 rings (SSSR count). The third-order valence-electron chi connectivity index (χ3n) is 18.7. The molecule has 0 aliphatic heterocycles. The topological polar surface area (TPSA) is 237 Å². The second kappa shape index (κ2) is 71.7. The Hall–Kier alpha value is -1.94. The van der Waals surface area contributed by atoms with E-state index in [0.29, 0.717) is 31.6 Å². The lowest BCUT2D eigenvalue weighted by Gasteiger charge is -2.21. The van der Waals surface area contributed by atoms with Crippen LogP contribution in [0.2, 0.25) is 0 Å². The SMILES string of the molecule is CCCCCCCCCCCCCCCCCCCCCC(=O)O[C@H](COC(=O)CCCCCCCCCCCCCCCCCC(C)C)COP(=O)(O)OC[C@@H](O)COP(=O)(O)OC[C@@H](COC(=O)CCCCCCCCCC(C)C)OC(=O)CCCCCCCCCCCCCC. The number of phosphoric acid groups is 2. The number of esters is 4. The van der Waals surface area contributed by atoms with E-state index >= 15 is 0 Å². The van der Waals surface area contributed by atoms with Crippen molar-refractivity contribution in [1.29, 1.82) is 0 Å². The number of hydrogen-bond donors (Lipinski definition) is 3. The number of carbonyl (C=O) groups is 4. The summed E-state index contributed by atoms with van der Waals surface area (Å²) in [5.41, 5.74) is 0. The molecule has 0 aliphatic rings. The first-order valence-electron chi connectivity index (χ1n) is 41.5. The summed E-state index contributed by atoms with van der Waals surface area (Å²) in [6.07, 6.45) is 61.1. The maximum Gasteiger partial charge on any atom is 0.472 e. The largest absolute Gasteiger partial charge is 0.472 e. The van der Waals surface area contributed by atoms with Crippen LogP contribution in [0.5, 0.6) is 0 Å². The molecule has 0 radical (unpaired) electrons. The predicted molar refractivity (Wildman–Crippen MR) is 405 cm³/mol. The van der Waals surface area contributed by atoms with Crippen LogP contribution in [-0.4, -0.2) is 96.7 Å².